The molecule has 1 N–H and O–H groups in total. The summed E-state index contributed by atoms with van der Waals surface area (Å²) in [6, 6.07) is 10.4. The first-order valence-electron chi connectivity index (χ1n) is 8.08. The van der Waals surface area contributed by atoms with E-state index in [-0.39, 0.29) is 0 Å². The zero-order valence-corrected chi connectivity index (χ0v) is 14.1. The predicted octanol–water partition coefficient (Wildman–Crippen LogP) is 3.07. The van der Waals surface area contributed by atoms with E-state index in [1.807, 2.05) is 13.1 Å². The number of hydrogen-bond donors (Lipinski definition) is 1. The Morgan fingerprint density at radius 2 is 2.09 bits per heavy atom. The van der Waals surface area contributed by atoms with Gasteiger partial charge in [-0.3, -0.25) is 0 Å². The molecule has 1 aromatic rings. The summed E-state index contributed by atoms with van der Waals surface area (Å²) in [6.45, 7) is 6.93. The van der Waals surface area contributed by atoms with Crippen molar-refractivity contribution in [1.82, 2.24) is 10.2 Å². The van der Waals surface area contributed by atoms with Gasteiger partial charge in [-0.2, -0.15) is 0 Å². The van der Waals surface area contributed by atoms with Crippen molar-refractivity contribution in [2.24, 2.45) is 0 Å². The summed E-state index contributed by atoms with van der Waals surface area (Å²) in [4.78, 5) is 13.1. The van der Waals surface area contributed by atoms with Gasteiger partial charge in [-0.15, -0.1) is 0 Å². The summed E-state index contributed by atoms with van der Waals surface area (Å²) in [5.74, 6) is 0. The number of benzene rings is 1. The molecule has 0 saturated carbocycles. The fourth-order valence-corrected chi connectivity index (χ4v) is 3.01. The number of likely N-dealkylation sites (N-methyl/N-ethyl adjacent to an activating group) is 2. The normalized spacial score (nSPS) is 16.5. The van der Waals surface area contributed by atoms with Gasteiger partial charge in [0.25, 0.3) is 0 Å². The number of aldehydes is 1. The van der Waals surface area contributed by atoms with Crippen molar-refractivity contribution in [3.63, 3.8) is 0 Å². The van der Waals surface area contributed by atoms with E-state index in [0.717, 1.165) is 37.9 Å². The van der Waals surface area contributed by atoms with Crippen molar-refractivity contribution in [1.29, 1.82) is 0 Å². The Morgan fingerprint density at radius 1 is 1.35 bits per heavy atom. The number of hydrogen-bond acceptors (Lipinski definition) is 3. The highest BCUT2D eigenvalue weighted by molar-refractivity contribution is 5.82. The molecule has 3 heteroatoms. The maximum atomic E-state index is 10.8. The number of nitrogens with one attached hydrogen (secondary N) is 1. The lowest BCUT2D eigenvalue weighted by atomic mass is 9.87. The van der Waals surface area contributed by atoms with Gasteiger partial charge in [0.2, 0.25) is 0 Å². The molecule has 0 aromatic heterocycles. The number of allylic oxidation sites excluding steroid dienone is 3. The molecule has 1 heterocycles. The van der Waals surface area contributed by atoms with E-state index in [1.165, 1.54) is 22.3 Å². The maximum absolute atomic E-state index is 10.8. The van der Waals surface area contributed by atoms with Gasteiger partial charge in [-0.1, -0.05) is 43.0 Å². The van der Waals surface area contributed by atoms with Gasteiger partial charge < -0.3 is 15.0 Å². The van der Waals surface area contributed by atoms with E-state index < -0.39 is 0 Å². The SMILES string of the molecule is C=C(/C=C(\C1=C(CNC)CN(C)CC1)c1ccccc1)CC=O. The Balaban J connectivity index is 2.49. The number of carbonyl (C=O) groups excluding carboxylic acids is 1. The molecular weight excluding hydrogens is 284 g/mol. The molecule has 1 aromatic carbocycles. The van der Waals surface area contributed by atoms with Crippen molar-refractivity contribution in [2.45, 2.75) is 12.8 Å². The average Bonchev–Trinajstić information content (AvgIpc) is 2.55. The average molecular weight is 310 g/mol. The summed E-state index contributed by atoms with van der Waals surface area (Å²) in [7, 11) is 4.14. The van der Waals surface area contributed by atoms with Gasteiger partial charge in [0.05, 0.1) is 0 Å². The summed E-state index contributed by atoms with van der Waals surface area (Å²) in [5.41, 5.74) is 6.04. The van der Waals surface area contributed by atoms with Crippen molar-refractivity contribution >= 4 is 11.9 Å². The van der Waals surface area contributed by atoms with Gasteiger partial charge in [0, 0.05) is 26.1 Å². The summed E-state index contributed by atoms with van der Waals surface area (Å²) >= 11 is 0. The summed E-state index contributed by atoms with van der Waals surface area (Å²) < 4.78 is 0. The standard InChI is InChI=1S/C20H26N2O/c1-16(10-12-23)13-20(17-7-5-4-6-8-17)19-9-11-22(3)15-18(19)14-21-2/h4-8,12-13,21H,1,9-11,14-15H2,2-3H3/b20-13-. The molecule has 0 fully saturated rings. The van der Waals surface area contributed by atoms with Crippen LogP contribution in [0.2, 0.25) is 0 Å². The van der Waals surface area contributed by atoms with E-state index >= 15 is 0 Å². The highest BCUT2D eigenvalue weighted by atomic mass is 16.1. The number of rotatable bonds is 7. The largest absolute Gasteiger partial charge is 0.316 e. The Kier molecular flexibility index (Phi) is 6.51. The molecule has 122 valence electrons. The third-order valence-corrected chi connectivity index (χ3v) is 4.13. The van der Waals surface area contributed by atoms with Crippen LogP contribution in [0.4, 0.5) is 0 Å². The van der Waals surface area contributed by atoms with Crippen molar-refractivity contribution in [3.8, 4) is 0 Å². The van der Waals surface area contributed by atoms with Crippen LogP contribution >= 0.6 is 0 Å². The van der Waals surface area contributed by atoms with Crippen LogP contribution in [-0.2, 0) is 4.79 Å². The molecule has 0 spiro atoms. The number of nitrogens with zero attached hydrogens (tertiary/aromatic N) is 1. The molecular formula is C20H26N2O. The van der Waals surface area contributed by atoms with Gasteiger partial charge in [0.15, 0.2) is 0 Å². The smallest absolute Gasteiger partial charge is 0.124 e. The molecule has 1 aliphatic heterocycles. The first-order valence-corrected chi connectivity index (χ1v) is 8.08. The van der Waals surface area contributed by atoms with Crippen molar-refractivity contribution in [3.05, 3.63) is 65.3 Å². The van der Waals surface area contributed by atoms with Gasteiger partial charge >= 0.3 is 0 Å². The zero-order chi connectivity index (χ0) is 16.7. The molecule has 0 aliphatic carbocycles. The molecule has 0 amide bonds. The van der Waals surface area contributed by atoms with Crippen molar-refractivity contribution in [2.75, 3.05) is 33.7 Å². The fraction of sp³-hybridized carbons (Fsp3) is 0.350. The maximum Gasteiger partial charge on any atom is 0.124 e. The Morgan fingerprint density at radius 3 is 2.74 bits per heavy atom. The third-order valence-electron chi connectivity index (χ3n) is 4.13. The Bertz CT molecular complexity index is 614. The van der Waals surface area contributed by atoms with Crippen LogP contribution in [-0.4, -0.2) is 44.9 Å². The van der Waals surface area contributed by atoms with E-state index in [2.05, 4.69) is 54.2 Å². The monoisotopic (exact) mass is 310 g/mol. The van der Waals surface area contributed by atoms with Crippen LogP contribution in [0.3, 0.4) is 0 Å². The zero-order valence-electron chi connectivity index (χ0n) is 14.1. The summed E-state index contributed by atoms with van der Waals surface area (Å²) in [6.07, 6.45) is 4.40. The molecule has 1 aliphatic rings. The van der Waals surface area contributed by atoms with E-state index in [9.17, 15) is 4.79 Å². The van der Waals surface area contributed by atoms with Crippen LogP contribution < -0.4 is 5.32 Å². The first-order chi connectivity index (χ1) is 11.2. The third kappa shape index (κ3) is 4.75. The lowest BCUT2D eigenvalue weighted by Gasteiger charge is -2.29. The Labute approximate surface area is 139 Å². The minimum Gasteiger partial charge on any atom is -0.316 e. The first kappa shape index (κ1) is 17.4. The lowest BCUT2D eigenvalue weighted by Crippen LogP contribution is -2.32. The second-order valence-corrected chi connectivity index (χ2v) is 6.05. The van der Waals surface area contributed by atoms with E-state index in [4.69, 9.17) is 0 Å². The predicted molar refractivity (Wildman–Crippen MR) is 97.3 cm³/mol. The second kappa shape index (κ2) is 8.61. The quantitative estimate of drug-likeness (QED) is 0.620. The highest BCUT2D eigenvalue weighted by Crippen LogP contribution is 2.32. The van der Waals surface area contributed by atoms with Gasteiger partial charge in [0.1, 0.15) is 6.29 Å². The number of carbonyl (C=O) groups is 1. The minimum atomic E-state index is 0.380. The van der Waals surface area contributed by atoms with Crippen LogP contribution in [0.25, 0.3) is 5.57 Å². The van der Waals surface area contributed by atoms with Crippen LogP contribution in [0.5, 0.6) is 0 Å². The Hall–Kier alpha value is -1.97. The second-order valence-electron chi connectivity index (χ2n) is 6.05. The van der Waals surface area contributed by atoms with Crippen molar-refractivity contribution < 1.29 is 4.79 Å². The van der Waals surface area contributed by atoms with E-state index in [1.54, 1.807) is 0 Å². The fourth-order valence-electron chi connectivity index (χ4n) is 3.01. The lowest BCUT2D eigenvalue weighted by molar-refractivity contribution is -0.107. The molecule has 0 saturated heterocycles. The van der Waals surface area contributed by atoms with Gasteiger partial charge in [-0.05, 0) is 48.4 Å². The van der Waals surface area contributed by atoms with Gasteiger partial charge in [-0.25, -0.2) is 0 Å². The molecule has 0 atom stereocenters. The summed E-state index contributed by atoms with van der Waals surface area (Å²) in [5, 5.41) is 3.28. The minimum absolute atomic E-state index is 0.380. The molecule has 3 nitrogen and oxygen atoms in total. The molecule has 23 heavy (non-hydrogen) atoms. The topological polar surface area (TPSA) is 32.3 Å². The van der Waals surface area contributed by atoms with Crippen LogP contribution in [0, 0.1) is 0 Å². The van der Waals surface area contributed by atoms with Crippen LogP contribution in [0.1, 0.15) is 18.4 Å². The molecule has 2 rings (SSSR count). The molecule has 0 radical (unpaired) electrons. The highest BCUT2D eigenvalue weighted by Gasteiger charge is 2.19. The molecule has 0 bridgehead atoms. The van der Waals surface area contributed by atoms with E-state index in [0.29, 0.717) is 6.42 Å². The molecule has 0 unspecified atom stereocenters. The van der Waals surface area contributed by atoms with Crippen LogP contribution in [0.15, 0.2) is 59.7 Å².